The zero-order chi connectivity index (χ0) is 14.8. The van der Waals surface area contributed by atoms with Crippen molar-refractivity contribution >= 4 is 45.1 Å². The molecular weight excluding hydrogens is 379 g/mol. The Hall–Kier alpha value is -2.02. The number of hydrogen-bond acceptors (Lipinski definition) is 3. The van der Waals surface area contributed by atoms with Crippen molar-refractivity contribution in [2.24, 2.45) is 0 Å². The molecule has 0 fully saturated rings. The molecular formula is C16H13IN2O2. The number of carbonyl (C=O) groups excluding carboxylic acids is 1. The number of hydrogen-bond donors (Lipinski definition) is 1. The number of benzene rings is 2. The lowest BCUT2D eigenvalue weighted by molar-refractivity contribution is 0.141. The van der Waals surface area contributed by atoms with Crippen LogP contribution in [-0.4, -0.2) is 10.7 Å². The van der Waals surface area contributed by atoms with Crippen molar-refractivity contribution in [3.8, 4) is 0 Å². The Labute approximate surface area is 135 Å². The van der Waals surface area contributed by atoms with Gasteiger partial charge in [0.1, 0.15) is 6.61 Å². The van der Waals surface area contributed by atoms with Gasteiger partial charge in [0.15, 0.2) is 0 Å². The van der Waals surface area contributed by atoms with Crippen LogP contribution in [0.1, 0.15) is 5.56 Å². The molecule has 0 bridgehead atoms. The molecule has 2 N–H and O–H groups in total. The van der Waals surface area contributed by atoms with Gasteiger partial charge in [-0.2, -0.15) is 0 Å². The van der Waals surface area contributed by atoms with E-state index < -0.39 is 6.09 Å². The van der Waals surface area contributed by atoms with Gasteiger partial charge in [-0.05, 0) is 40.3 Å². The maximum Gasteiger partial charge on any atom is 0.418 e. The predicted molar refractivity (Wildman–Crippen MR) is 91.1 cm³/mol. The Bertz CT molecular complexity index is 758. The maximum atomic E-state index is 12.1. The number of nitrogens with two attached hydrogens (primary N) is 1. The van der Waals surface area contributed by atoms with Crippen molar-refractivity contribution in [1.82, 2.24) is 4.57 Å². The van der Waals surface area contributed by atoms with Crippen LogP contribution in [-0.2, 0) is 11.3 Å². The van der Waals surface area contributed by atoms with Gasteiger partial charge >= 0.3 is 6.09 Å². The summed E-state index contributed by atoms with van der Waals surface area (Å²) in [4.78, 5) is 12.1. The van der Waals surface area contributed by atoms with Crippen molar-refractivity contribution in [1.29, 1.82) is 0 Å². The third-order valence-corrected chi connectivity index (χ3v) is 4.11. The summed E-state index contributed by atoms with van der Waals surface area (Å²) < 4.78 is 7.71. The molecule has 0 amide bonds. The number of rotatable bonds is 2. The smallest absolute Gasteiger partial charge is 0.418 e. The Morgan fingerprint density at radius 1 is 1.14 bits per heavy atom. The quantitative estimate of drug-likeness (QED) is 0.530. The molecule has 0 radical (unpaired) electrons. The van der Waals surface area contributed by atoms with Crippen LogP contribution in [0.2, 0.25) is 0 Å². The monoisotopic (exact) mass is 392 g/mol. The fraction of sp³-hybridized carbons (Fsp3) is 0.0625. The standard InChI is InChI=1S/C16H13IN2O2/c17-14-6-12-8-19(9-13(12)7-15(14)18)16(20)21-10-11-4-2-1-3-5-11/h1-9H,10,18H2. The van der Waals surface area contributed by atoms with Crippen LogP contribution in [0.4, 0.5) is 10.5 Å². The second-order valence-electron chi connectivity index (χ2n) is 4.71. The average molecular weight is 392 g/mol. The molecule has 0 saturated carbocycles. The Morgan fingerprint density at radius 2 is 1.81 bits per heavy atom. The van der Waals surface area contributed by atoms with E-state index in [9.17, 15) is 4.79 Å². The number of nitrogens with zero attached hydrogens (tertiary/aromatic N) is 1. The van der Waals surface area contributed by atoms with E-state index in [4.69, 9.17) is 10.5 Å². The molecule has 1 aromatic heterocycles. The van der Waals surface area contributed by atoms with Gasteiger partial charge in [-0.1, -0.05) is 30.3 Å². The van der Waals surface area contributed by atoms with Gasteiger partial charge in [0.2, 0.25) is 0 Å². The molecule has 0 aliphatic heterocycles. The number of ether oxygens (including phenoxy) is 1. The summed E-state index contributed by atoms with van der Waals surface area (Å²) in [6, 6.07) is 13.4. The number of fused-ring (bicyclic) bond motifs is 1. The first kappa shape index (κ1) is 13.9. The molecule has 1 heterocycles. The van der Waals surface area contributed by atoms with Crippen LogP contribution in [0.15, 0.2) is 54.9 Å². The molecule has 106 valence electrons. The van der Waals surface area contributed by atoms with Gasteiger partial charge in [-0.3, -0.25) is 4.57 Å². The van der Waals surface area contributed by atoms with E-state index in [2.05, 4.69) is 22.6 Å². The number of carbonyl (C=O) groups is 1. The van der Waals surface area contributed by atoms with E-state index in [1.165, 1.54) is 4.57 Å². The molecule has 4 nitrogen and oxygen atoms in total. The summed E-state index contributed by atoms with van der Waals surface area (Å²) >= 11 is 2.17. The highest BCUT2D eigenvalue weighted by Gasteiger charge is 2.09. The summed E-state index contributed by atoms with van der Waals surface area (Å²) in [7, 11) is 0. The van der Waals surface area contributed by atoms with Crippen molar-refractivity contribution in [3.05, 3.63) is 64.0 Å². The molecule has 21 heavy (non-hydrogen) atoms. The SMILES string of the molecule is Nc1cc2cn(C(=O)OCc3ccccc3)cc2cc1I. The van der Waals surface area contributed by atoms with E-state index >= 15 is 0 Å². The number of halogens is 1. The fourth-order valence-electron chi connectivity index (χ4n) is 2.08. The lowest BCUT2D eigenvalue weighted by Crippen LogP contribution is -2.11. The average Bonchev–Trinajstić information content (AvgIpc) is 2.89. The molecule has 0 aliphatic carbocycles. The first-order valence-corrected chi connectivity index (χ1v) is 7.49. The van der Waals surface area contributed by atoms with E-state index in [-0.39, 0.29) is 6.61 Å². The molecule has 0 saturated heterocycles. The highest BCUT2D eigenvalue weighted by Crippen LogP contribution is 2.24. The van der Waals surface area contributed by atoms with Crippen LogP contribution in [0, 0.1) is 3.57 Å². The summed E-state index contributed by atoms with van der Waals surface area (Å²) in [6.07, 6.45) is 3.09. The van der Waals surface area contributed by atoms with Crippen molar-refractivity contribution in [2.75, 3.05) is 5.73 Å². The molecule has 0 unspecified atom stereocenters. The molecule has 0 spiro atoms. The highest BCUT2D eigenvalue weighted by molar-refractivity contribution is 14.1. The Morgan fingerprint density at radius 3 is 2.52 bits per heavy atom. The van der Waals surface area contributed by atoms with Crippen molar-refractivity contribution in [2.45, 2.75) is 6.61 Å². The molecule has 3 aromatic rings. The molecule has 0 aliphatic rings. The third-order valence-electron chi connectivity index (χ3n) is 3.17. The van der Waals surface area contributed by atoms with E-state index in [1.807, 2.05) is 42.5 Å². The first-order valence-electron chi connectivity index (χ1n) is 6.41. The molecule has 2 aromatic carbocycles. The van der Waals surface area contributed by atoms with Crippen molar-refractivity contribution < 1.29 is 9.53 Å². The minimum atomic E-state index is -0.399. The summed E-state index contributed by atoms with van der Waals surface area (Å²) in [5, 5.41) is 1.88. The molecule has 5 heteroatoms. The lowest BCUT2D eigenvalue weighted by atomic mass is 10.2. The molecule has 3 rings (SSSR count). The van der Waals surface area contributed by atoms with Crippen LogP contribution in [0.3, 0.4) is 0 Å². The Balaban J connectivity index is 1.78. The lowest BCUT2D eigenvalue weighted by Gasteiger charge is -2.04. The van der Waals surface area contributed by atoms with Gasteiger partial charge in [0.25, 0.3) is 0 Å². The summed E-state index contributed by atoms with van der Waals surface area (Å²) in [6.45, 7) is 0.258. The van der Waals surface area contributed by atoms with Crippen LogP contribution < -0.4 is 5.73 Å². The molecule has 0 atom stereocenters. The number of aromatic nitrogens is 1. The van der Waals surface area contributed by atoms with Crippen LogP contribution in [0.5, 0.6) is 0 Å². The highest BCUT2D eigenvalue weighted by atomic mass is 127. The van der Waals surface area contributed by atoms with Gasteiger partial charge in [-0.15, -0.1) is 0 Å². The topological polar surface area (TPSA) is 57.2 Å². The van der Waals surface area contributed by atoms with E-state index in [0.717, 1.165) is 19.9 Å². The van der Waals surface area contributed by atoms with Crippen molar-refractivity contribution in [3.63, 3.8) is 0 Å². The summed E-state index contributed by atoms with van der Waals surface area (Å²) in [5.74, 6) is 0. The minimum Gasteiger partial charge on any atom is -0.444 e. The fourth-order valence-corrected chi connectivity index (χ4v) is 2.57. The summed E-state index contributed by atoms with van der Waals surface area (Å²) in [5.41, 5.74) is 7.54. The van der Waals surface area contributed by atoms with Gasteiger partial charge < -0.3 is 10.5 Å². The zero-order valence-corrected chi connectivity index (χ0v) is 13.3. The Kier molecular flexibility index (Phi) is 3.83. The number of nitrogen functional groups attached to an aromatic ring is 1. The minimum absolute atomic E-state index is 0.258. The van der Waals surface area contributed by atoms with Gasteiger partial charge in [-0.25, -0.2) is 4.79 Å². The zero-order valence-electron chi connectivity index (χ0n) is 11.1. The second kappa shape index (κ2) is 5.77. The predicted octanol–water partition coefficient (Wildman–Crippen LogP) is 4.01. The second-order valence-corrected chi connectivity index (χ2v) is 5.87. The van der Waals surface area contributed by atoms with Crippen LogP contribution >= 0.6 is 22.6 Å². The number of anilines is 1. The van der Waals surface area contributed by atoms with E-state index in [1.54, 1.807) is 12.4 Å². The maximum absolute atomic E-state index is 12.1. The third kappa shape index (κ3) is 3.02. The van der Waals surface area contributed by atoms with Gasteiger partial charge in [0.05, 0.1) is 0 Å². The van der Waals surface area contributed by atoms with Crippen LogP contribution in [0.25, 0.3) is 10.8 Å². The normalized spacial score (nSPS) is 10.7. The first-order chi connectivity index (χ1) is 10.1. The van der Waals surface area contributed by atoms with E-state index in [0.29, 0.717) is 5.69 Å². The van der Waals surface area contributed by atoms with Gasteiger partial charge in [0, 0.05) is 32.4 Å². The largest absolute Gasteiger partial charge is 0.444 e.